The SMILES string of the molecule is C/C(S)=C(/N)c1ccc(F)c(C(F)(F)F)c1. The molecule has 0 aliphatic heterocycles. The summed E-state index contributed by atoms with van der Waals surface area (Å²) >= 11 is 3.92. The van der Waals surface area contributed by atoms with Crippen molar-refractivity contribution in [1.29, 1.82) is 0 Å². The summed E-state index contributed by atoms with van der Waals surface area (Å²) in [6.07, 6.45) is -4.73. The number of hydrogen-bond acceptors (Lipinski definition) is 2. The van der Waals surface area contributed by atoms with E-state index < -0.39 is 17.6 Å². The molecule has 0 fully saturated rings. The number of nitrogens with two attached hydrogens (primary N) is 1. The number of hydrogen-bond donors (Lipinski definition) is 2. The summed E-state index contributed by atoms with van der Waals surface area (Å²) < 4.78 is 50.1. The van der Waals surface area contributed by atoms with Crippen molar-refractivity contribution in [2.75, 3.05) is 0 Å². The van der Waals surface area contributed by atoms with Crippen LogP contribution < -0.4 is 5.73 Å². The van der Waals surface area contributed by atoms with Gasteiger partial charge in [-0.3, -0.25) is 0 Å². The maximum atomic E-state index is 12.9. The Balaban J connectivity index is 3.35. The van der Waals surface area contributed by atoms with Crippen molar-refractivity contribution < 1.29 is 17.6 Å². The molecule has 0 unspecified atom stereocenters. The molecular weight excluding hydrogens is 242 g/mol. The fourth-order valence-electron chi connectivity index (χ4n) is 1.12. The normalized spacial score (nSPS) is 13.6. The molecule has 88 valence electrons. The first-order chi connectivity index (χ1) is 7.23. The average Bonchev–Trinajstić information content (AvgIpc) is 2.15. The van der Waals surface area contributed by atoms with E-state index >= 15 is 0 Å². The van der Waals surface area contributed by atoms with Gasteiger partial charge in [-0.05, 0) is 30.7 Å². The van der Waals surface area contributed by atoms with Gasteiger partial charge in [-0.1, -0.05) is 0 Å². The predicted octanol–water partition coefficient (Wildman–Crippen LogP) is 3.42. The molecule has 1 nitrogen and oxygen atoms in total. The minimum atomic E-state index is -4.73. The van der Waals surface area contributed by atoms with E-state index in [9.17, 15) is 17.6 Å². The highest BCUT2D eigenvalue weighted by atomic mass is 32.1. The molecule has 16 heavy (non-hydrogen) atoms. The Kier molecular flexibility index (Phi) is 3.52. The lowest BCUT2D eigenvalue weighted by Gasteiger charge is -2.10. The molecule has 1 rings (SSSR count). The van der Waals surface area contributed by atoms with E-state index in [2.05, 4.69) is 12.6 Å². The van der Waals surface area contributed by atoms with Gasteiger partial charge >= 0.3 is 6.18 Å². The minimum absolute atomic E-state index is 0.0915. The van der Waals surface area contributed by atoms with Crippen molar-refractivity contribution in [2.45, 2.75) is 13.1 Å². The van der Waals surface area contributed by atoms with Gasteiger partial charge in [0, 0.05) is 10.6 Å². The minimum Gasteiger partial charge on any atom is -0.398 e. The first-order valence-corrected chi connectivity index (χ1v) is 4.70. The van der Waals surface area contributed by atoms with Gasteiger partial charge < -0.3 is 5.73 Å². The van der Waals surface area contributed by atoms with Gasteiger partial charge in [0.25, 0.3) is 0 Å². The lowest BCUT2D eigenvalue weighted by atomic mass is 10.1. The second-order valence-corrected chi connectivity index (χ2v) is 3.86. The van der Waals surface area contributed by atoms with E-state index in [1.807, 2.05) is 0 Å². The first-order valence-electron chi connectivity index (χ1n) is 4.26. The van der Waals surface area contributed by atoms with Crippen LogP contribution in [-0.2, 0) is 6.18 Å². The smallest absolute Gasteiger partial charge is 0.398 e. The predicted molar refractivity (Wildman–Crippen MR) is 57.2 cm³/mol. The Morgan fingerprint density at radius 3 is 2.31 bits per heavy atom. The number of benzene rings is 1. The summed E-state index contributed by atoms with van der Waals surface area (Å²) in [6, 6.07) is 2.59. The van der Waals surface area contributed by atoms with Crippen LogP contribution in [0, 0.1) is 5.82 Å². The van der Waals surface area contributed by atoms with Crippen molar-refractivity contribution >= 4 is 18.3 Å². The number of rotatable bonds is 1. The summed E-state index contributed by atoms with van der Waals surface area (Å²) in [4.78, 5) is 0.375. The van der Waals surface area contributed by atoms with Gasteiger partial charge in [0.2, 0.25) is 0 Å². The highest BCUT2D eigenvalue weighted by Gasteiger charge is 2.34. The van der Waals surface area contributed by atoms with Gasteiger partial charge in [-0.25, -0.2) is 4.39 Å². The molecule has 0 spiro atoms. The second kappa shape index (κ2) is 4.37. The fraction of sp³-hybridized carbons (Fsp3) is 0.200. The molecule has 0 saturated carbocycles. The highest BCUT2D eigenvalue weighted by molar-refractivity contribution is 7.84. The zero-order valence-corrected chi connectivity index (χ0v) is 9.16. The molecule has 0 heterocycles. The number of halogens is 4. The molecule has 1 aromatic rings. The van der Waals surface area contributed by atoms with E-state index in [4.69, 9.17) is 5.73 Å². The Labute approximate surface area is 95.4 Å². The maximum absolute atomic E-state index is 12.9. The van der Waals surface area contributed by atoms with E-state index in [0.29, 0.717) is 11.0 Å². The maximum Gasteiger partial charge on any atom is 0.419 e. The van der Waals surface area contributed by atoms with E-state index in [0.717, 1.165) is 6.07 Å². The van der Waals surface area contributed by atoms with Crippen molar-refractivity contribution in [2.24, 2.45) is 5.73 Å². The standard InChI is InChI=1S/C10H9F4NS/c1-5(16)9(15)6-2-3-8(11)7(4-6)10(12,13)14/h2-4,16H,15H2,1H3/b9-5-. The van der Waals surface area contributed by atoms with Crippen LogP contribution in [0.2, 0.25) is 0 Å². The first kappa shape index (κ1) is 12.9. The Morgan fingerprint density at radius 1 is 1.31 bits per heavy atom. The van der Waals surface area contributed by atoms with Crippen molar-refractivity contribution in [3.8, 4) is 0 Å². The van der Waals surface area contributed by atoms with E-state index in [-0.39, 0.29) is 11.3 Å². The van der Waals surface area contributed by atoms with Crippen LogP contribution in [0.5, 0.6) is 0 Å². The lowest BCUT2D eigenvalue weighted by molar-refractivity contribution is -0.140. The number of allylic oxidation sites excluding steroid dienone is 1. The van der Waals surface area contributed by atoms with Crippen molar-refractivity contribution in [1.82, 2.24) is 0 Å². The summed E-state index contributed by atoms with van der Waals surface area (Å²) in [5.74, 6) is -1.32. The van der Waals surface area contributed by atoms with Crippen molar-refractivity contribution in [3.05, 3.63) is 40.0 Å². The Hall–Kier alpha value is -1.17. The Morgan fingerprint density at radius 2 is 1.88 bits per heavy atom. The molecule has 0 aliphatic rings. The van der Waals surface area contributed by atoms with Crippen LogP contribution in [0.1, 0.15) is 18.1 Å². The average molecular weight is 251 g/mol. The summed E-state index contributed by atoms with van der Waals surface area (Å²) in [7, 11) is 0. The zero-order valence-electron chi connectivity index (χ0n) is 8.27. The molecule has 0 atom stereocenters. The van der Waals surface area contributed by atoms with E-state index in [1.54, 1.807) is 0 Å². The van der Waals surface area contributed by atoms with Crippen LogP contribution in [0.25, 0.3) is 5.70 Å². The quantitative estimate of drug-likeness (QED) is 0.580. The van der Waals surface area contributed by atoms with Crippen LogP contribution in [0.4, 0.5) is 17.6 Å². The molecule has 0 amide bonds. The van der Waals surface area contributed by atoms with Gasteiger partial charge in [0.05, 0.1) is 5.56 Å². The van der Waals surface area contributed by atoms with Crippen molar-refractivity contribution in [3.63, 3.8) is 0 Å². The molecule has 0 saturated heterocycles. The second-order valence-electron chi connectivity index (χ2n) is 3.19. The van der Waals surface area contributed by atoms with Crippen LogP contribution in [0.15, 0.2) is 23.1 Å². The third-order valence-corrected chi connectivity index (χ3v) is 2.21. The molecule has 6 heteroatoms. The fourth-order valence-corrected chi connectivity index (χ4v) is 1.25. The zero-order chi connectivity index (χ0) is 12.5. The van der Waals surface area contributed by atoms with Crippen LogP contribution in [0.3, 0.4) is 0 Å². The van der Waals surface area contributed by atoms with Gasteiger partial charge in [0.15, 0.2) is 0 Å². The summed E-state index contributed by atoms with van der Waals surface area (Å²) in [6.45, 7) is 1.54. The van der Waals surface area contributed by atoms with Gasteiger partial charge in [-0.2, -0.15) is 13.2 Å². The van der Waals surface area contributed by atoms with E-state index in [1.165, 1.54) is 13.0 Å². The third kappa shape index (κ3) is 2.69. The number of thiol groups is 1. The summed E-state index contributed by atoms with van der Waals surface area (Å²) in [5.41, 5.74) is 4.37. The molecule has 0 aromatic heterocycles. The van der Waals surface area contributed by atoms with Gasteiger partial charge in [0.1, 0.15) is 5.82 Å². The largest absolute Gasteiger partial charge is 0.419 e. The van der Waals surface area contributed by atoms with Crippen LogP contribution >= 0.6 is 12.6 Å². The van der Waals surface area contributed by atoms with Crippen LogP contribution in [-0.4, -0.2) is 0 Å². The molecule has 1 aromatic carbocycles. The molecular formula is C10H9F4NS. The lowest BCUT2D eigenvalue weighted by Crippen LogP contribution is -2.09. The topological polar surface area (TPSA) is 26.0 Å². The highest BCUT2D eigenvalue weighted by Crippen LogP contribution is 2.33. The third-order valence-electron chi connectivity index (χ3n) is 1.97. The monoisotopic (exact) mass is 251 g/mol. The molecule has 0 radical (unpaired) electrons. The molecule has 0 bridgehead atoms. The molecule has 0 aliphatic carbocycles. The Bertz CT molecular complexity index is 433. The number of alkyl halides is 3. The summed E-state index contributed by atoms with van der Waals surface area (Å²) in [5, 5.41) is 0. The molecule has 2 N–H and O–H groups in total. The van der Waals surface area contributed by atoms with Gasteiger partial charge in [-0.15, -0.1) is 12.6 Å².